The molecule has 1 saturated heterocycles. The fourth-order valence-electron chi connectivity index (χ4n) is 6.46. The summed E-state index contributed by atoms with van der Waals surface area (Å²) in [6.07, 6.45) is 3.63. The summed E-state index contributed by atoms with van der Waals surface area (Å²) in [4.78, 5) is 43.4. The Bertz CT molecular complexity index is 1940. The number of nitriles is 1. The predicted molar refractivity (Wildman–Crippen MR) is 176 cm³/mol. The Morgan fingerprint density at radius 1 is 1.12 bits per heavy atom. The Morgan fingerprint density at radius 2 is 1.84 bits per heavy atom. The van der Waals surface area contributed by atoms with Gasteiger partial charge in [0.15, 0.2) is 5.69 Å². The number of carboxylic acid groups (broad SMARTS) is 1. The number of hydrogen-bond acceptors (Lipinski definition) is 10. The average molecular weight is 711 g/mol. The summed E-state index contributed by atoms with van der Waals surface area (Å²) in [6.45, 7) is 9.34. The van der Waals surface area contributed by atoms with E-state index < -0.39 is 48.9 Å². The van der Waals surface area contributed by atoms with Crippen LogP contribution >= 0.6 is 0 Å². The third-order valence-electron chi connectivity index (χ3n) is 9.30. The molecular formula is C32H37F3N10O4Si. The molecule has 5 heterocycles. The van der Waals surface area contributed by atoms with Crippen LogP contribution in [0.2, 0.25) is 25.7 Å². The number of halogens is 3. The highest BCUT2D eigenvalue weighted by atomic mass is 28.3. The van der Waals surface area contributed by atoms with E-state index in [0.29, 0.717) is 39.3 Å². The summed E-state index contributed by atoms with van der Waals surface area (Å²) in [5.74, 6) is -4.16. The summed E-state index contributed by atoms with van der Waals surface area (Å²) < 4.78 is 49.6. The number of rotatable bonds is 11. The molecule has 0 radical (unpaired) electrons. The zero-order chi connectivity index (χ0) is 35.8. The Hall–Kier alpha value is -4.73. The second-order valence-corrected chi connectivity index (χ2v) is 19.6. The van der Waals surface area contributed by atoms with Crippen LogP contribution in [0, 0.1) is 11.3 Å². The normalized spacial score (nSPS) is 20.1. The van der Waals surface area contributed by atoms with Crippen molar-refractivity contribution in [1.29, 1.82) is 5.26 Å². The topological polar surface area (TPSA) is 168 Å². The van der Waals surface area contributed by atoms with Crippen molar-refractivity contribution in [3.8, 4) is 17.3 Å². The number of hydrogen-bond donors (Lipinski definition) is 1. The minimum absolute atomic E-state index is 0.100. The first-order valence-corrected chi connectivity index (χ1v) is 19.9. The zero-order valence-corrected chi connectivity index (χ0v) is 28.9. The molecule has 1 amide bonds. The van der Waals surface area contributed by atoms with Gasteiger partial charge in [-0.1, -0.05) is 19.6 Å². The van der Waals surface area contributed by atoms with Crippen molar-refractivity contribution < 1.29 is 32.6 Å². The number of aromatic carboxylic acids is 1. The minimum Gasteiger partial charge on any atom is -0.477 e. The van der Waals surface area contributed by atoms with Gasteiger partial charge in [-0.2, -0.15) is 23.5 Å². The Morgan fingerprint density at radius 3 is 2.50 bits per heavy atom. The Balaban J connectivity index is 1.10. The predicted octanol–water partition coefficient (Wildman–Crippen LogP) is 4.34. The van der Waals surface area contributed by atoms with Gasteiger partial charge >= 0.3 is 12.1 Å². The highest BCUT2D eigenvalue weighted by Crippen LogP contribution is 2.45. The molecule has 50 heavy (non-hydrogen) atoms. The lowest BCUT2D eigenvalue weighted by Gasteiger charge is -2.52. The van der Waals surface area contributed by atoms with E-state index >= 15 is 0 Å². The highest BCUT2D eigenvalue weighted by molar-refractivity contribution is 6.76. The van der Waals surface area contributed by atoms with E-state index in [-0.39, 0.29) is 25.6 Å². The van der Waals surface area contributed by atoms with Crippen molar-refractivity contribution in [1.82, 2.24) is 44.1 Å². The van der Waals surface area contributed by atoms with Crippen LogP contribution in [0.1, 0.15) is 46.1 Å². The molecule has 6 rings (SSSR count). The molecule has 4 aromatic rings. The number of aromatic nitrogens is 7. The average Bonchev–Trinajstić information content (AvgIpc) is 3.71. The van der Waals surface area contributed by atoms with Crippen LogP contribution in [0.5, 0.6) is 0 Å². The number of alkyl halides is 3. The van der Waals surface area contributed by atoms with Crippen molar-refractivity contribution in [2.24, 2.45) is 0 Å². The van der Waals surface area contributed by atoms with E-state index in [2.05, 4.69) is 55.6 Å². The van der Waals surface area contributed by atoms with Crippen molar-refractivity contribution in [3.63, 3.8) is 0 Å². The molecule has 1 N–H and O–H groups in total. The number of piperazine rings is 1. The van der Waals surface area contributed by atoms with Gasteiger partial charge in [-0.3, -0.25) is 14.4 Å². The lowest BCUT2D eigenvalue weighted by atomic mass is 9.70. The number of fused-ring (bicyclic) bond motifs is 1. The van der Waals surface area contributed by atoms with Gasteiger partial charge in [0.1, 0.15) is 24.4 Å². The fraction of sp³-hybridized carbons (Fsp3) is 0.500. The molecular weight excluding hydrogens is 673 g/mol. The quantitative estimate of drug-likeness (QED) is 0.174. The van der Waals surface area contributed by atoms with Crippen molar-refractivity contribution in [3.05, 3.63) is 54.3 Å². The van der Waals surface area contributed by atoms with E-state index in [1.807, 2.05) is 27.7 Å². The monoisotopic (exact) mass is 710 g/mol. The first-order valence-electron chi connectivity index (χ1n) is 16.2. The van der Waals surface area contributed by atoms with Gasteiger partial charge in [-0.25, -0.2) is 24.7 Å². The minimum atomic E-state index is -5.01. The number of nitrogens with zero attached hydrogens (tertiary/aromatic N) is 10. The molecule has 0 unspecified atom stereocenters. The molecule has 1 aliphatic heterocycles. The van der Waals surface area contributed by atoms with E-state index in [0.717, 1.165) is 34.4 Å². The number of carbonyl (C=O) groups is 2. The van der Waals surface area contributed by atoms with E-state index in [9.17, 15) is 33.1 Å². The first-order chi connectivity index (χ1) is 23.7. The molecule has 0 spiro atoms. The molecule has 14 nitrogen and oxygen atoms in total. The van der Waals surface area contributed by atoms with Crippen LogP contribution in [-0.4, -0.2) is 108 Å². The molecule has 0 atom stereocenters. The van der Waals surface area contributed by atoms with Crippen LogP contribution in [0.4, 0.5) is 13.2 Å². The molecule has 0 bridgehead atoms. The maximum Gasteiger partial charge on any atom is 0.451 e. The molecule has 1 saturated carbocycles. The van der Waals surface area contributed by atoms with E-state index in [1.54, 1.807) is 6.20 Å². The largest absolute Gasteiger partial charge is 0.477 e. The van der Waals surface area contributed by atoms with Crippen LogP contribution < -0.4 is 0 Å². The van der Waals surface area contributed by atoms with Crippen molar-refractivity contribution >= 4 is 31.0 Å². The van der Waals surface area contributed by atoms with Crippen molar-refractivity contribution in [2.45, 2.75) is 69.4 Å². The Kier molecular flexibility index (Phi) is 9.50. The highest BCUT2D eigenvalue weighted by Gasteiger charge is 2.49. The summed E-state index contributed by atoms with van der Waals surface area (Å²) in [5.41, 5.74) is 0.230. The summed E-state index contributed by atoms with van der Waals surface area (Å²) >= 11 is 0. The van der Waals surface area contributed by atoms with Gasteiger partial charge in [-0.05, 0) is 25.0 Å². The molecule has 2 fully saturated rings. The molecule has 1 aliphatic carbocycles. The lowest BCUT2D eigenvalue weighted by molar-refractivity contribution is -0.145. The number of amides is 1. The second kappa shape index (κ2) is 13.5. The van der Waals surface area contributed by atoms with Gasteiger partial charge in [0, 0.05) is 76.3 Å². The number of carboxylic acids is 1. The zero-order valence-electron chi connectivity index (χ0n) is 27.9. The molecule has 18 heteroatoms. The van der Waals surface area contributed by atoms with E-state index in [1.165, 1.54) is 11.2 Å². The smallest absolute Gasteiger partial charge is 0.451 e. The van der Waals surface area contributed by atoms with Gasteiger partial charge < -0.3 is 19.3 Å². The lowest BCUT2D eigenvalue weighted by Crippen LogP contribution is -2.60. The number of carbonyl (C=O) groups excluding carboxylic acids is 1. The standard InChI is InChI=1S/C32H37F3N10O4Si/c1-50(2,3)13-12-49-20-44-7-4-23-26(37-19-38-27(23)44)21-17-39-45(18-21)31(5-6-36)15-22(16-31)42-8-10-43(11-9-42)28(46)24-14-25(29(47)48)41-30(40-24)32(33,34)35/h4,7,14,17-19,22H,5,8-13,15-16,20H2,1-3H3,(H,47,48). The Labute approximate surface area is 286 Å². The van der Waals surface area contributed by atoms with Crippen LogP contribution in [0.25, 0.3) is 22.3 Å². The first kappa shape index (κ1) is 35.1. The SMILES string of the molecule is C[Si](C)(C)CCOCn1ccc2c(-c3cnn(C4(CC#N)CC(N5CCN(C(=O)c6cc(C(=O)O)nc(C(F)(F)F)n6)CC5)C4)c3)ncnc21. The number of ether oxygens (including phenoxy) is 1. The molecule has 0 aromatic carbocycles. The van der Waals surface area contributed by atoms with Gasteiger partial charge in [-0.15, -0.1) is 0 Å². The maximum atomic E-state index is 13.3. The second-order valence-electron chi connectivity index (χ2n) is 14.0. The molecule has 264 valence electrons. The molecule has 2 aliphatic rings. The maximum absolute atomic E-state index is 13.3. The molecule has 4 aromatic heterocycles. The van der Waals surface area contributed by atoms with E-state index in [4.69, 9.17) is 4.74 Å². The third-order valence-corrected chi connectivity index (χ3v) is 11.0. The van der Waals surface area contributed by atoms with Crippen molar-refractivity contribution in [2.75, 3.05) is 32.8 Å². The van der Waals surface area contributed by atoms with Gasteiger partial charge in [0.05, 0.1) is 29.9 Å². The summed E-state index contributed by atoms with van der Waals surface area (Å²) in [5, 5.41) is 24.5. The van der Waals surface area contributed by atoms with Crippen LogP contribution in [0.15, 0.2) is 37.1 Å². The van der Waals surface area contributed by atoms with Gasteiger partial charge in [0.2, 0.25) is 5.82 Å². The van der Waals surface area contributed by atoms with Crippen LogP contribution in [0.3, 0.4) is 0 Å². The van der Waals surface area contributed by atoms with Gasteiger partial charge in [0.25, 0.3) is 5.91 Å². The fourth-order valence-corrected chi connectivity index (χ4v) is 7.22. The third kappa shape index (κ3) is 7.25. The summed E-state index contributed by atoms with van der Waals surface area (Å²) in [6, 6.07) is 6.21. The summed E-state index contributed by atoms with van der Waals surface area (Å²) in [7, 11) is -1.20. The van der Waals surface area contributed by atoms with Crippen LogP contribution in [-0.2, 0) is 23.2 Å².